The van der Waals surface area contributed by atoms with Gasteiger partial charge in [0.1, 0.15) is 11.4 Å². The standard InChI is InChI=1S/C25H29F3N6O2S2/c1-2-17-18(3-4-22(30-17)34-7-5-33(6-8-34)9-10-35)31-24-29-14-16(25(26,27)28)23(32-24)20-13-19-21(38-20)15-36-11-12-37-19/h3-4,13-14,35H,2,5-12,15H2,1H3,(H,29,31,32). The van der Waals surface area contributed by atoms with E-state index in [4.69, 9.17) is 14.8 Å². The molecule has 0 aliphatic carbocycles. The Balaban J connectivity index is 1.40. The number of thioether (sulfide) groups is 1. The molecule has 0 atom stereocenters. The smallest absolute Gasteiger partial charge is 0.395 e. The summed E-state index contributed by atoms with van der Waals surface area (Å²) in [5.74, 6) is 1.69. The largest absolute Gasteiger partial charge is 0.420 e. The second-order valence-electron chi connectivity index (χ2n) is 8.95. The van der Waals surface area contributed by atoms with Gasteiger partial charge in [-0.05, 0) is 24.6 Å². The molecule has 0 bridgehead atoms. The molecule has 13 heteroatoms. The van der Waals surface area contributed by atoms with Gasteiger partial charge in [0, 0.05) is 54.4 Å². The summed E-state index contributed by atoms with van der Waals surface area (Å²) >= 11 is 2.86. The first-order chi connectivity index (χ1) is 18.4. The molecule has 1 fully saturated rings. The number of halogens is 3. The Morgan fingerprint density at radius 2 is 1.97 bits per heavy atom. The molecule has 0 amide bonds. The number of β-amino-alcohol motifs (C(OH)–C–C–N with tert-alkyl or cyclic N) is 1. The lowest BCUT2D eigenvalue weighted by Crippen LogP contribution is -2.47. The molecule has 3 aromatic heterocycles. The summed E-state index contributed by atoms with van der Waals surface area (Å²) in [6.07, 6.45) is -3.11. The lowest BCUT2D eigenvalue weighted by Gasteiger charge is -2.35. The monoisotopic (exact) mass is 566 g/mol. The van der Waals surface area contributed by atoms with Crippen LogP contribution in [0.4, 0.5) is 30.6 Å². The van der Waals surface area contributed by atoms with Crippen LogP contribution in [0.25, 0.3) is 10.6 Å². The molecule has 0 unspecified atom stereocenters. The first-order valence-corrected chi connectivity index (χ1v) is 14.3. The van der Waals surface area contributed by atoms with Gasteiger partial charge >= 0.3 is 6.18 Å². The topological polar surface area (TPSA) is 86.6 Å². The second-order valence-corrected chi connectivity index (χ2v) is 11.2. The first-order valence-electron chi connectivity index (χ1n) is 12.5. The van der Waals surface area contributed by atoms with Crippen LogP contribution in [-0.4, -0.2) is 76.6 Å². The van der Waals surface area contributed by atoms with Gasteiger partial charge in [0.25, 0.3) is 0 Å². The van der Waals surface area contributed by atoms with Gasteiger partial charge in [-0.1, -0.05) is 6.92 Å². The van der Waals surface area contributed by atoms with E-state index >= 15 is 0 Å². The Morgan fingerprint density at radius 3 is 2.71 bits per heavy atom. The first kappa shape index (κ1) is 27.1. The van der Waals surface area contributed by atoms with E-state index in [2.05, 4.69) is 25.1 Å². The van der Waals surface area contributed by atoms with E-state index in [9.17, 15) is 13.2 Å². The lowest BCUT2D eigenvalue weighted by atomic mass is 10.2. The molecule has 0 spiro atoms. The number of aromatic nitrogens is 3. The highest BCUT2D eigenvalue weighted by Gasteiger charge is 2.36. The number of anilines is 3. The molecule has 1 saturated heterocycles. The number of fused-ring (bicyclic) bond motifs is 1. The van der Waals surface area contributed by atoms with Crippen molar-refractivity contribution >= 4 is 40.6 Å². The molecule has 38 heavy (non-hydrogen) atoms. The third kappa shape index (κ3) is 6.07. The minimum atomic E-state index is -4.59. The molecular weight excluding hydrogens is 537 g/mol. The van der Waals surface area contributed by atoms with E-state index in [0.29, 0.717) is 36.7 Å². The molecule has 0 aromatic carbocycles. The summed E-state index contributed by atoms with van der Waals surface area (Å²) in [7, 11) is 0. The van der Waals surface area contributed by atoms with Gasteiger partial charge < -0.3 is 20.1 Å². The van der Waals surface area contributed by atoms with Crippen molar-refractivity contribution in [3.05, 3.63) is 40.5 Å². The molecule has 2 N–H and O–H groups in total. The van der Waals surface area contributed by atoms with Crippen LogP contribution in [0.3, 0.4) is 0 Å². The number of nitrogens with one attached hydrogen (secondary N) is 1. The number of aryl methyl sites for hydroxylation is 1. The van der Waals surface area contributed by atoms with Gasteiger partial charge in [-0.3, -0.25) is 4.90 Å². The number of ether oxygens (including phenoxy) is 1. The van der Waals surface area contributed by atoms with E-state index in [1.165, 1.54) is 11.3 Å². The van der Waals surface area contributed by atoms with Crippen LogP contribution in [-0.2, 0) is 23.9 Å². The summed E-state index contributed by atoms with van der Waals surface area (Å²) in [6, 6.07) is 5.56. The normalized spacial score (nSPS) is 16.8. The molecule has 0 saturated carbocycles. The minimum Gasteiger partial charge on any atom is -0.395 e. The van der Waals surface area contributed by atoms with E-state index in [-0.39, 0.29) is 18.2 Å². The van der Waals surface area contributed by atoms with E-state index in [0.717, 1.165) is 59.4 Å². The van der Waals surface area contributed by atoms with Crippen LogP contribution in [0.1, 0.15) is 23.1 Å². The number of alkyl halides is 3. The van der Waals surface area contributed by atoms with Crippen molar-refractivity contribution in [3.8, 4) is 10.6 Å². The Bertz CT molecular complexity index is 1240. The lowest BCUT2D eigenvalue weighted by molar-refractivity contribution is -0.137. The number of hydrogen-bond donors (Lipinski definition) is 2. The highest BCUT2D eigenvalue weighted by molar-refractivity contribution is 7.99. The molecule has 3 aromatic rings. The molecule has 2 aliphatic heterocycles. The van der Waals surface area contributed by atoms with E-state index < -0.39 is 11.7 Å². The molecule has 5 rings (SSSR count). The number of nitrogens with zero attached hydrogens (tertiary/aromatic N) is 5. The summed E-state index contributed by atoms with van der Waals surface area (Å²) in [5.41, 5.74) is 0.431. The van der Waals surface area contributed by atoms with Crippen molar-refractivity contribution in [3.63, 3.8) is 0 Å². The molecule has 0 radical (unpaired) electrons. The Labute approximate surface area is 227 Å². The quantitative estimate of drug-likeness (QED) is 0.424. The Kier molecular flexibility index (Phi) is 8.38. The van der Waals surface area contributed by atoms with Crippen LogP contribution in [0.5, 0.6) is 0 Å². The molecule has 2 aliphatic rings. The summed E-state index contributed by atoms with van der Waals surface area (Å²) in [6.45, 7) is 7.11. The van der Waals surface area contributed by atoms with Crippen LogP contribution < -0.4 is 10.2 Å². The van der Waals surface area contributed by atoms with Gasteiger partial charge in [-0.25, -0.2) is 15.0 Å². The average Bonchev–Trinajstić information content (AvgIpc) is 3.19. The Hall–Kier alpha value is -2.45. The van der Waals surface area contributed by atoms with Crippen molar-refractivity contribution in [1.82, 2.24) is 19.9 Å². The van der Waals surface area contributed by atoms with Crippen molar-refractivity contribution in [2.24, 2.45) is 0 Å². The van der Waals surface area contributed by atoms with Crippen LogP contribution >= 0.6 is 23.1 Å². The van der Waals surface area contributed by atoms with Crippen molar-refractivity contribution in [2.75, 3.05) is 61.9 Å². The minimum absolute atomic E-state index is 0.0855. The number of aliphatic hydroxyl groups is 1. The average molecular weight is 567 g/mol. The van der Waals surface area contributed by atoms with E-state index in [1.54, 1.807) is 17.8 Å². The zero-order valence-electron chi connectivity index (χ0n) is 20.9. The molecule has 8 nitrogen and oxygen atoms in total. The predicted octanol–water partition coefficient (Wildman–Crippen LogP) is 4.66. The fourth-order valence-corrected chi connectivity index (χ4v) is 6.69. The number of pyridine rings is 1. The highest BCUT2D eigenvalue weighted by Crippen LogP contribution is 2.43. The third-order valence-electron chi connectivity index (χ3n) is 6.47. The number of hydrogen-bond acceptors (Lipinski definition) is 10. The molecular formula is C25H29F3N6O2S2. The van der Waals surface area contributed by atoms with Crippen LogP contribution in [0, 0.1) is 0 Å². The molecule has 204 valence electrons. The maximum Gasteiger partial charge on any atom is 0.420 e. The third-order valence-corrected chi connectivity index (χ3v) is 8.76. The second kappa shape index (κ2) is 11.7. The number of rotatable bonds is 7. The SMILES string of the molecule is CCc1nc(N2CCN(CCO)CC2)ccc1Nc1ncc(C(F)(F)F)c(-c2cc3c(s2)COCCS3)n1. The number of thiophene rings is 1. The van der Waals surface area contributed by atoms with Gasteiger partial charge in [0.05, 0.1) is 41.8 Å². The van der Waals surface area contributed by atoms with Crippen molar-refractivity contribution in [2.45, 2.75) is 31.0 Å². The zero-order valence-corrected chi connectivity index (χ0v) is 22.6. The fourth-order valence-electron chi connectivity index (χ4n) is 4.48. The van der Waals surface area contributed by atoms with Gasteiger partial charge in [-0.2, -0.15) is 13.2 Å². The highest BCUT2D eigenvalue weighted by atomic mass is 32.2. The van der Waals surface area contributed by atoms with Crippen LogP contribution in [0.2, 0.25) is 0 Å². The fraction of sp³-hybridized carbons (Fsp3) is 0.480. The number of piperazine rings is 1. The van der Waals surface area contributed by atoms with Gasteiger partial charge in [0.15, 0.2) is 0 Å². The van der Waals surface area contributed by atoms with Crippen molar-refractivity contribution in [1.29, 1.82) is 0 Å². The van der Waals surface area contributed by atoms with Crippen molar-refractivity contribution < 1.29 is 23.0 Å². The maximum atomic E-state index is 13.9. The summed E-state index contributed by atoms with van der Waals surface area (Å²) in [4.78, 5) is 19.9. The zero-order chi connectivity index (χ0) is 26.7. The molecule has 5 heterocycles. The predicted molar refractivity (Wildman–Crippen MR) is 143 cm³/mol. The summed E-state index contributed by atoms with van der Waals surface area (Å²) in [5, 5.41) is 12.3. The Morgan fingerprint density at radius 1 is 1.16 bits per heavy atom. The van der Waals surface area contributed by atoms with Gasteiger partial charge in [0.2, 0.25) is 5.95 Å². The van der Waals surface area contributed by atoms with E-state index in [1.807, 2.05) is 19.1 Å². The van der Waals surface area contributed by atoms with Crippen LogP contribution in [0.15, 0.2) is 29.3 Å². The van der Waals surface area contributed by atoms with Gasteiger partial charge in [-0.15, -0.1) is 23.1 Å². The maximum absolute atomic E-state index is 13.9. The number of aliphatic hydroxyl groups excluding tert-OH is 1. The summed E-state index contributed by atoms with van der Waals surface area (Å²) < 4.78 is 47.2.